The van der Waals surface area contributed by atoms with Crippen molar-refractivity contribution in [3.63, 3.8) is 0 Å². The molecular weight excluding hydrogens is 367 g/mol. The molecule has 0 unspecified atom stereocenters. The van der Waals surface area contributed by atoms with Crippen LogP contribution in [-0.2, 0) is 10.0 Å². The first kappa shape index (κ1) is 15.4. The van der Waals surface area contributed by atoms with Gasteiger partial charge < -0.3 is 0 Å². The molecule has 2 aromatic rings. The average molecular weight is 375 g/mol. The summed E-state index contributed by atoms with van der Waals surface area (Å²) in [6.07, 6.45) is 0. The number of nitro groups is 1. The maximum absolute atomic E-state index is 12.8. The van der Waals surface area contributed by atoms with Crippen LogP contribution in [0.25, 0.3) is 0 Å². The highest BCUT2D eigenvalue weighted by molar-refractivity contribution is 9.10. The third-order valence-corrected chi connectivity index (χ3v) is 4.55. The van der Waals surface area contributed by atoms with Crippen LogP contribution in [0.3, 0.4) is 0 Å². The van der Waals surface area contributed by atoms with Gasteiger partial charge in [-0.25, -0.2) is 12.8 Å². The van der Waals surface area contributed by atoms with Crippen LogP contribution in [0.15, 0.2) is 51.8 Å². The smallest absolute Gasteiger partial charge is 0.280 e. The van der Waals surface area contributed by atoms with Crippen LogP contribution in [0, 0.1) is 15.9 Å². The lowest BCUT2D eigenvalue weighted by Crippen LogP contribution is -2.13. The molecule has 1 N–H and O–H groups in total. The van der Waals surface area contributed by atoms with Gasteiger partial charge >= 0.3 is 0 Å². The summed E-state index contributed by atoms with van der Waals surface area (Å²) in [6.45, 7) is 0. The highest BCUT2D eigenvalue weighted by atomic mass is 79.9. The first-order valence-electron chi connectivity index (χ1n) is 5.52. The second-order valence-electron chi connectivity index (χ2n) is 3.98. The maximum Gasteiger partial charge on any atom is 0.283 e. The van der Waals surface area contributed by atoms with Crippen molar-refractivity contribution in [1.29, 1.82) is 0 Å². The fourth-order valence-electron chi connectivity index (χ4n) is 1.55. The van der Waals surface area contributed by atoms with E-state index in [0.29, 0.717) is 0 Å². The van der Waals surface area contributed by atoms with Gasteiger partial charge in [-0.3, -0.25) is 14.8 Å². The van der Waals surface area contributed by atoms with Crippen LogP contribution in [0.2, 0.25) is 0 Å². The van der Waals surface area contributed by atoms with Crippen molar-refractivity contribution < 1.29 is 17.7 Å². The van der Waals surface area contributed by atoms with Crippen molar-refractivity contribution in [2.75, 3.05) is 4.72 Å². The van der Waals surface area contributed by atoms with Crippen LogP contribution >= 0.6 is 15.9 Å². The van der Waals surface area contributed by atoms with Gasteiger partial charge in [0, 0.05) is 6.07 Å². The van der Waals surface area contributed by atoms with Gasteiger partial charge in [0.2, 0.25) is 0 Å². The van der Waals surface area contributed by atoms with Gasteiger partial charge in [0.15, 0.2) is 0 Å². The van der Waals surface area contributed by atoms with Gasteiger partial charge in [0.25, 0.3) is 15.7 Å². The minimum Gasteiger partial charge on any atom is -0.280 e. The van der Waals surface area contributed by atoms with E-state index in [1.165, 1.54) is 18.2 Å². The molecule has 0 bridgehead atoms. The molecule has 0 aliphatic carbocycles. The molecule has 9 heteroatoms. The summed E-state index contributed by atoms with van der Waals surface area (Å²) in [4.78, 5) is 9.97. The van der Waals surface area contributed by atoms with E-state index in [1.54, 1.807) is 0 Å². The van der Waals surface area contributed by atoms with E-state index < -0.39 is 20.8 Å². The quantitative estimate of drug-likeness (QED) is 0.656. The molecule has 0 atom stereocenters. The highest BCUT2D eigenvalue weighted by Crippen LogP contribution is 2.28. The molecule has 0 aromatic heterocycles. The van der Waals surface area contributed by atoms with Crippen LogP contribution in [-0.4, -0.2) is 13.3 Å². The Morgan fingerprint density at radius 2 is 1.76 bits per heavy atom. The molecule has 110 valence electrons. The summed E-state index contributed by atoms with van der Waals surface area (Å²) >= 11 is 2.99. The molecule has 0 heterocycles. The van der Waals surface area contributed by atoms with E-state index in [0.717, 1.165) is 24.3 Å². The largest absolute Gasteiger partial charge is 0.283 e. The molecule has 2 aromatic carbocycles. The third kappa shape index (κ3) is 3.56. The Hall–Kier alpha value is -2.00. The summed E-state index contributed by atoms with van der Waals surface area (Å²) in [5, 5.41) is 10.7. The number of hydrogen-bond acceptors (Lipinski definition) is 4. The van der Waals surface area contributed by atoms with E-state index >= 15 is 0 Å². The minimum atomic E-state index is -3.89. The second-order valence-corrected chi connectivity index (χ2v) is 6.52. The minimum absolute atomic E-state index is 0.113. The Bertz CT molecular complexity index is 793. The number of sulfonamides is 1. The van der Waals surface area contributed by atoms with Crippen LogP contribution in [0.4, 0.5) is 15.8 Å². The lowest BCUT2D eigenvalue weighted by atomic mass is 10.3. The second kappa shape index (κ2) is 5.78. The molecule has 0 amide bonds. The van der Waals surface area contributed by atoms with Crippen molar-refractivity contribution in [2.45, 2.75) is 4.90 Å². The number of nitrogens with zero attached hydrogens (tertiary/aromatic N) is 1. The lowest BCUT2D eigenvalue weighted by molar-refractivity contribution is -0.385. The van der Waals surface area contributed by atoms with Crippen LogP contribution < -0.4 is 4.72 Å². The van der Waals surface area contributed by atoms with Gasteiger partial charge in [-0.2, -0.15) is 0 Å². The Morgan fingerprint density at radius 3 is 2.29 bits per heavy atom. The SMILES string of the molecule is O=[N+]([O-])c1ccc(NS(=O)(=O)c2ccc(F)cc2)cc1Br. The van der Waals surface area contributed by atoms with Gasteiger partial charge in [-0.1, -0.05) is 0 Å². The Labute approximate surface area is 127 Å². The normalized spacial score (nSPS) is 11.1. The van der Waals surface area contributed by atoms with Crippen molar-refractivity contribution in [3.05, 3.63) is 62.9 Å². The maximum atomic E-state index is 12.8. The van der Waals surface area contributed by atoms with E-state index in [1.807, 2.05) is 0 Å². The van der Waals surface area contributed by atoms with Gasteiger partial charge in [0.05, 0.1) is 20.0 Å². The zero-order valence-corrected chi connectivity index (χ0v) is 12.7. The molecule has 0 spiro atoms. The number of benzene rings is 2. The monoisotopic (exact) mass is 374 g/mol. The zero-order valence-electron chi connectivity index (χ0n) is 10.3. The summed E-state index contributed by atoms with van der Waals surface area (Å²) < 4.78 is 39.3. The summed E-state index contributed by atoms with van der Waals surface area (Å²) in [5.41, 5.74) is -0.0310. The van der Waals surface area contributed by atoms with Crippen LogP contribution in [0.1, 0.15) is 0 Å². The van der Waals surface area contributed by atoms with Crippen LogP contribution in [0.5, 0.6) is 0 Å². The number of halogens is 2. The molecule has 2 rings (SSSR count). The predicted molar refractivity (Wildman–Crippen MR) is 78.0 cm³/mol. The molecule has 0 fully saturated rings. The van der Waals surface area contributed by atoms with Crippen molar-refractivity contribution in [2.24, 2.45) is 0 Å². The van der Waals surface area contributed by atoms with Crippen molar-refractivity contribution in [1.82, 2.24) is 0 Å². The molecule has 0 saturated heterocycles. The molecule has 0 saturated carbocycles. The van der Waals surface area contributed by atoms with Gasteiger partial charge in [-0.15, -0.1) is 0 Å². The Kier molecular flexibility index (Phi) is 4.24. The number of nitrogens with one attached hydrogen (secondary N) is 1. The third-order valence-electron chi connectivity index (χ3n) is 2.52. The molecule has 0 radical (unpaired) electrons. The number of anilines is 1. The summed E-state index contributed by atoms with van der Waals surface area (Å²) in [7, 11) is -3.89. The topological polar surface area (TPSA) is 89.3 Å². The van der Waals surface area contributed by atoms with Gasteiger partial charge in [0.1, 0.15) is 5.82 Å². The number of hydrogen-bond donors (Lipinski definition) is 1. The standard InChI is InChI=1S/C12H8BrFN2O4S/c13-11-7-9(3-6-12(11)16(17)18)15-21(19,20)10-4-1-8(14)2-5-10/h1-7,15H. The van der Waals surface area contributed by atoms with E-state index in [2.05, 4.69) is 20.7 Å². The zero-order chi connectivity index (χ0) is 15.6. The van der Waals surface area contributed by atoms with Gasteiger partial charge in [-0.05, 0) is 52.3 Å². The first-order valence-corrected chi connectivity index (χ1v) is 7.79. The van der Waals surface area contributed by atoms with E-state index in [9.17, 15) is 22.9 Å². The molecule has 6 nitrogen and oxygen atoms in total. The Balaban J connectivity index is 2.31. The average Bonchev–Trinajstić information content (AvgIpc) is 2.38. The summed E-state index contributed by atoms with van der Waals surface area (Å²) in [5.74, 6) is -0.549. The number of rotatable bonds is 4. The molecular formula is C12H8BrFN2O4S. The Morgan fingerprint density at radius 1 is 1.14 bits per heavy atom. The van der Waals surface area contributed by atoms with E-state index in [-0.39, 0.29) is 20.7 Å². The predicted octanol–water partition coefficient (Wildman–Crippen LogP) is 3.30. The first-order chi connectivity index (χ1) is 9.79. The van der Waals surface area contributed by atoms with Crippen molar-refractivity contribution in [3.8, 4) is 0 Å². The fraction of sp³-hybridized carbons (Fsp3) is 0. The number of nitro benzene ring substituents is 1. The van der Waals surface area contributed by atoms with E-state index in [4.69, 9.17) is 0 Å². The molecule has 0 aliphatic rings. The van der Waals surface area contributed by atoms with Crippen molar-refractivity contribution >= 4 is 37.3 Å². The lowest BCUT2D eigenvalue weighted by Gasteiger charge is -2.08. The highest BCUT2D eigenvalue weighted by Gasteiger charge is 2.17. The fourth-order valence-corrected chi connectivity index (χ4v) is 3.12. The summed E-state index contributed by atoms with van der Waals surface area (Å²) in [6, 6.07) is 8.02. The molecule has 0 aliphatic heterocycles. The molecule has 21 heavy (non-hydrogen) atoms.